The second-order valence-corrected chi connectivity index (χ2v) is 6.86. The zero-order valence-corrected chi connectivity index (χ0v) is 15.7. The average molecular weight is 391 g/mol. The molecule has 3 aromatic carbocycles. The van der Waals surface area contributed by atoms with Crippen LogP contribution in [0.15, 0.2) is 66.7 Å². The van der Waals surface area contributed by atoms with Crippen LogP contribution in [0.5, 0.6) is 0 Å². The number of hydrogen-bond donors (Lipinski definition) is 1. The normalized spacial score (nSPS) is 12.9. The molecule has 0 spiro atoms. The number of aryl methyl sites for hydroxylation is 1. The van der Waals surface area contributed by atoms with Crippen LogP contribution in [0, 0.1) is 6.92 Å². The zero-order chi connectivity index (χ0) is 19.8. The molecule has 1 N–H and O–H groups in total. The third-order valence-electron chi connectivity index (χ3n) is 4.61. The molecule has 1 aliphatic heterocycles. The van der Waals surface area contributed by atoms with Crippen molar-refractivity contribution in [3.63, 3.8) is 0 Å². The van der Waals surface area contributed by atoms with Crippen LogP contribution in [0.25, 0.3) is 0 Å². The number of fused-ring (bicyclic) bond motifs is 1. The Bertz CT molecular complexity index is 1090. The van der Waals surface area contributed by atoms with Gasteiger partial charge in [-0.1, -0.05) is 29.8 Å². The van der Waals surface area contributed by atoms with Crippen molar-refractivity contribution in [2.45, 2.75) is 6.92 Å². The lowest BCUT2D eigenvalue weighted by atomic mass is 10.1. The molecule has 1 heterocycles. The smallest absolute Gasteiger partial charge is 0.266 e. The van der Waals surface area contributed by atoms with Crippen LogP contribution < -0.4 is 10.2 Å². The Hall–Kier alpha value is -3.44. The lowest BCUT2D eigenvalue weighted by molar-refractivity contribution is 0.0924. The number of amides is 3. The lowest BCUT2D eigenvalue weighted by Gasteiger charge is -2.14. The summed E-state index contributed by atoms with van der Waals surface area (Å²) in [5.74, 6) is -1.01. The van der Waals surface area contributed by atoms with E-state index in [4.69, 9.17) is 11.6 Å². The summed E-state index contributed by atoms with van der Waals surface area (Å²) in [6.07, 6.45) is 0. The molecule has 3 amide bonds. The van der Waals surface area contributed by atoms with E-state index in [-0.39, 0.29) is 17.7 Å². The molecule has 0 unspecified atom stereocenters. The summed E-state index contributed by atoms with van der Waals surface area (Å²) in [5.41, 5.74) is 3.11. The number of rotatable bonds is 3. The second kappa shape index (κ2) is 6.94. The minimum atomic E-state index is -0.355. The quantitative estimate of drug-likeness (QED) is 0.659. The molecule has 138 valence electrons. The van der Waals surface area contributed by atoms with Crippen molar-refractivity contribution in [3.05, 3.63) is 94.0 Å². The fraction of sp³-hybridized carbons (Fsp3) is 0.0455. The Kier molecular flexibility index (Phi) is 4.45. The van der Waals surface area contributed by atoms with Crippen molar-refractivity contribution in [2.24, 2.45) is 0 Å². The second-order valence-electron chi connectivity index (χ2n) is 6.46. The first-order valence-electron chi connectivity index (χ1n) is 8.61. The minimum Gasteiger partial charge on any atom is -0.322 e. The number of halogens is 1. The van der Waals surface area contributed by atoms with Crippen LogP contribution in [0.2, 0.25) is 5.02 Å². The highest BCUT2D eigenvalue weighted by Gasteiger charge is 2.36. The van der Waals surface area contributed by atoms with E-state index in [1.165, 1.54) is 0 Å². The van der Waals surface area contributed by atoms with Crippen LogP contribution in [0.3, 0.4) is 0 Å². The minimum absolute atomic E-state index is 0.296. The van der Waals surface area contributed by atoms with Crippen molar-refractivity contribution >= 4 is 40.7 Å². The molecule has 3 aromatic rings. The maximum Gasteiger partial charge on any atom is 0.266 e. The van der Waals surface area contributed by atoms with Crippen molar-refractivity contribution in [1.82, 2.24) is 0 Å². The number of hydrogen-bond acceptors (Lipinski definition) is 3. The first-order valence-corrected chi connectivity index (χ1v) is 8.99. The maximum atomic E-state index is 12.5. The number of carbonyl (C=O) groups is 3. The number of imide groups is 1. The molecule has 0 saturated carbocycles. The molecule has 0 saturated heterocycles. The molecule has 0 fully saturated rings. The Labute approximate surface area is 166 Å². The predicted octanol–water partition coefficient (Wildman–Crippen LogP) is 4.70. The largest absolute Gasteiger partial charge is 0.322 e. The molecule has 0 atom stereocenters. The molecule has 0 aliphatic carbocycles. The fourth-order valence-electron chi connectivity index (χ4n) is 3.05. The van der Waals surface area contributed by atoms with Crippen molar-refractivity contribution in [2.75, 3.05) is 10.2 Å². The van der Waals surface area contributed by atoms with Gasteiger partial charge in [0.25, 0.3) is 17.7 Å². The van der Waals surface area contributed by atoms with Crippen molar-refractivity contribution in [3.8, 4) is 0 Å². The molecular weight excluding hydrogens is 376 g/mol. The Morgan fingerprint density at radius 3 is 2.07 bits per heavy atom. The van der Waals surface area contributed by atoms with Gasteiger partial charge in [0.2, 0.25) is 0 Å². The Morgan fingerprint density at radius 1 is 0.893 bits per heavy atom. The molecule has 5 nitrogen and oxygen atoms in total. The lowest BCUT2D eigenvalue weighted by Crippen LogP contribution is -2.29. The maximum absolute atomic E-state index is 12.5. The number of nitrogens with one attached hydrogen (secondary N) is 1. The summed E-state index contributed by atoms with van der Waals surface area (Å²) in [6, 6.07) is 18.4. The predicted molar refractivity (Wildman–Crippen MR) is 108 cm³/mol. The van der Waals surface area contributed by atoms with E-state index >= 15 is 0 Å². The number of benzene rings is 3. The van der Waals surface area contributed by atoms with Gasteiger partial charge in [0, 0.05) is 16.3 Å². The van der Waals surface area contributed by atoms with Crippen LogP contribution in [0.4, 0.5) is 11.4 Å². The van der Waals surface area contributed by atoms with Gasteiger partial charge in [-0.15, -0.1) is 0 Å². The average Bonchev–Trinajstić information content (AvgIpc) is 2.95. The highest BCUT2D eigenvalue weighted by molar-refractivity contribution is 6.34. The molecule has 1 aliphatic rings. The monoisotopic (exact) mass is 390 g/mol. The number of nitrogens with zero attached hydrogens (tertiary/aromatic N) is 1. The summed E-state index contributed by atoms with van der Waals surface area (Å²) >= 11 is 6.07. The first-order chi connectivity index (χ1) is 13.5. The highest BCUT2D eigenvalue weighted by atomic mass is 35.5. The van der Waals surface area contributed by atoms with E-state index in [1.807, 2.05) is 6.92 Å². The number of carbonyl (C=O) groups excluding carboxylic acids is 3. The van der Waals surface area contributed by atoms with E-state index < -0.39 is 0 Å². The van der Waals surface area contributed by atoms with E-state index in [0.29, 0.717) is 33.1 Å². The summed E-state index contributed by atoms with van der Waals surface area (Å²) < 4.78 is 0. The zero-order valence-electron chi connectivity index (χ0n) is 14.9. The van der Waals surface area contributed by atoms with Gasteiger partial charge >= 0.3 is 0 Å². The summed E-state index contributed by atoms with van der Waals surface area (Å²) in [5, 5.41) is 3.30. The molecule has 0 aromatic heterocycles. The van der Waals surface area contributed by atoms with Crippen LogP contribution in [0.1, 0.15) is 36.6 Å². The van der Waals surface area contributed by atoms with Crippen LogP contribution in [-0.4, -0.2) is 17.7 Å². The van der Waals surface area contributed by atoms with Crippen LogP contribution >= 0.6 is 11.6 Å². The fourth-order valence-corrected chi connectivity index (χ4v) is 3.24. The van der Waals surface area contributed by atoms with Gasteiger partial charge in [-0.3, -0.25) is 14.4 Å². The van der Waals surface area contributed by atoms with E-state index in [1.54, 1.807) is 66.7 Å². The molecule has 0 radical (unpaired) electrons. The molecule has 4 rings (SSSR count). The Balaban J connectivity index is 1.53. The van der Waals surface area contributed by atoms with Gasteiger partial charge in [-0.05, 0) is 61.0 Å². The van der Waals surface area contributed by atoms with Crippen LogP contribution in [-0.2, 0) is 0 Å². The topological polar surface area (TPSA) is 66.5 Å². The van der Waals surface area contributed by atoms with Gasteiger partial charge in [-0.25, -0.2) is 4.90 Å². The Morgan fingerprint density at radius 2 is 1.50 bits per heavy atom. The van der Waals surface area contributed by atoms with Gasteiger partial charge in [0.05, 0.1) is 16.8 Å². The van der Waals surface area contributed by atoms with Gasteiger partial charge in [-0.2, -0.15) is 0 Å². The van der Waals surface area contributed by atoms with E-state index in [0.717, 1.165) is 10.5 Å². The van der Waals surface area contributed by atoms with E-state index in [2.05, 4.69) is 5.32 Å². The molecule has 6 heteroatoms. The number of anilines is 2. The highest BCUT2D eigenvalue weighted by Crippen LogP contribution is 2.29. The SMILES string of the molecule is Cc1ccc(C(=O)Nc2ccc(N3C(=O)c4ccccc4C3=O)cc2)cc1Cl. The van der Waals surface area contributed by atoms with Crippen molar-refractivity contribution in [1.29, 1.82) is 0 Å². The third-order valence-corrected chi connectivity index (χ3v) is 5.02. The van der Waals surface area contributed by atoms with Gasteiger partial charge in [0.1, 0.15) is 0 Å². The van der Waals surface area contributed by atoms with Gasteiger partial charge < -0.3 is 5.32 Å². The molecule has 28 heavy (non-hydrogen) atoms. The first kappa shape index (κ1) is 17.9. The molecular formula is C22H15ClN2O3. The third kappa shape index (κ3) is 3.06. The summed E-state index contributed by atoms with van der Waals surface area (Å²) in [6.45, 7) is 1.86. The standard InChI is InChI=1S/C22H15ClN2O3/c1-13-6-7-14(12-19(13)23)20(26)24-15-8-10-16(11-9-15)25-21(27)17-4-2-3-5-18(17)22(25)28/h2-12H,1H3,(H,24,26). The molecule has 0 bridgehead atoms. The van der Waals surface area contributed by atoms with Crippen molar-refractivity contribution < 1.29 is 14.4 Å². The van der Waals surface area contributed by atoms with Gasteiger partial charge in [0.15, 0.2) is 0 Å². The summed E-state index contributed by atoms with van der Waals surface area (Å²) in [7, 11) is 0. The summed E-state index contributed by atoms with van der Waals surface area (Å²) in [4.78, 5) is 38.6. The van der Waals surface area contributed by atoms with E-state index in [9.17, 15) is 14.4 Å².